The van der Waals surface area contributed by atoms with Crippen LogP contribution in [0.3, 0.4) is 0 Å². The predicted molar refractivity (Wildman–Crippen MR) is 71.5 cm³/mol. The highest BCUT2D eigenvalue weighted by atomic mass is 16.4. The van der Waals surface area contributed by atoms with Crippen LogP contribution in [0.2, 0.25) is 0 Å². The van der Waals surface area contributed by atoms with E-state index in [2.05, 4.69) is 10.3 Å². The van der Waals surface area contributed by atoms with E-state index in [-0.39, 0.29) is 24.5 Å². The SMILES string of the molecule is NC(N)=Nc1cccc(C(=O)C(=O)NCCC(=O)O)c1. The number of ketones is 1. The monoisotopic (exact) mass is 278 g/mol. The maximum Gasteiger partial charge on any atom is 0.305 e. The number of aliphatic carboxylic acids is 1. The summed E-state index contributed by atoms with van der Waals surface area (Å²) in [5.41, 5.74) is 10.9. The Hall–Kier alpha value is -2.90. The molecule has 0 unspecified atom stereocenters. The average Bonchev–Trinajstić information content (AvgIpc) is 2.36. The summed E-state index contributed by atoms with van der Waals surface area (Å²) in [5.74, 6) is -2.90. The first-order chi connectivity index (χ1) is 9.40. The van der Waals surface area contributed by atoms with Crippen LogP contribution in [0, 0.1) is 0 Å². The molecule has 1 amide bonds. The fourth-order valence-corrected chi connectivity index (χ4v) is 1.36. The number of carboxylic acids is 1. The van der Waals surface area contributed by atoms with Crippen LogP contribution >= 0.6 is 0 Å². The van der Waals surface area contributed by atoms with E-state index in [4.69, 9.17) is 16.6 Å². The molecule has 1 aromatic rings. The summed E-state index contributed by atoms with van der Waals surface area (Å²) in [6.45, 7) is -0.118. The number of rotatable bonds is 6. The number of aliphatic imine (C=N–C) groups is 1. The van der Waals surface area contributed by atoms with Gasteiger partial charge >= 0.3 is 5.97 Å². The maximum atomic E-state index is 11.8. The summed E-state index contributed by atoms with van der Waals surface area (Å²) >= 11 is 0. The number of nitrogens with zero attached hydrogens (tertiary/aromatic N) is 1. The highest BCUT2D eigenvalue weighted by Crippen LogP contribution is 2.14. The molecular formula is C12H14N4O4. The summed E-state index contributed by atoms with van der Waals surface area (Å²) < 4.78 is 0. The molecule has 1 rings (SSSR count). The van der Waals surface area contributed by atoms with Gasteiger partial charge in [0.25, 0.3) is 5.91 Å². The van der Waals surface area contributed by atoms with E-state index in [1.807, 2.05) is 0 Å². The number of nitrogens with one attached hydrogen (secondary N) is 1. The van der Waals surface area contributed by atoms with E-state index < -0.39 is 17.7 Å². The number of amides is 1. The molecule has 0 radical (unpaired) electrons. The van der Waals surface area contributed by atoms with Gasteiger partial charge in [0.15, 0.2) is 5.96 Å². The molecule has 0 fully saturated rings. The Bertz CT molecular complexity index is 564. The van der Waals surface area contributed by atoms with Crippen LogP contribution in [0.25, 0.3) is 0 Å². The Morgan fingerprint density at radius 2 is 1.95 bits per heavy atom. The van der Waals surface area contributed by atoms with Crippen LogP contribution in [0.1, 0.15) is 16.8 Å². The quantitative estimate of drug-likeness (QED) is 0.235. The number of nitrogens with two attached hydrogens (primary N) is 2. The maximum absolute atomic E-state index is 11.8. The Labute approximate surface area is 114 Å². The minimum atomic E-state index is -1.06. The van der Waals surface area contributed by atoms with E-state index in [9.17, 15) is 14.4 Å². The highest BCUT2D eigenvalue weighted by molar-refractivity contribution is 6.42. The minimum Gasteiger partial charge on any atom is -0.481 e. The largest absolute Gasteiger partial charge is 0.481 e. The number of Topliss-reactive ketones (excluding diaryl/α,β-unsaturated/α-hetero) is 1. The predicted octanol–water partition coefficient (Wildman–Crippen LogP) is -0.635. The Kier molecular flexibility index (Phi) is 5.21. The van der Waals surface area contributed by atoms with Gasteiger partial charge in [-0.3, -0.25) is 14.4 Å². The Morgan fingerprint density at radius 1 is 1.25 bits per heavy atom. The van der Waals surface area contributed by atoms with Crippen LogP contribution in [0.5, 0.6) is 0 Å². The van der Waals surface area contributed by atoms with Gasteiger partial charge in [0.2, 0.25) is 5.78 Å². The number of benzene rings is 1. The van der Waals surface area contributed by atoms with Crippen molar-refractivity contribution >= 4 is 29.3 Å². The van der Waals surface area contributed by atoms with Crippen molar-refractivity contribution in [1.82, 2.24) is 5.32 Å². The van der Waals surface area contributed by atoms with Crippen molar-refractivity contribution in [2.75, 3.05) is 6.54 Å². The topological polar surface area (TPSA) is 148 Å². The van der Waals surface area contributed by atoms with Crippen molar-refractivity contribution in [3.8, 4) is 0 Å². The summed E-state index contributed by atoms with van der Waals surface area (Å²) in [7, 11) is 0. The average molecular weight is 278 g/mol. The normalized spacial score (nSPS) is 9.60. The van der Waals surface area contributed by atoms with Gasteiger partial charge < -0.3 is 21.9 Å². The van der Waals surface area contributed by atoms with Crippen LogP contribution in [-0.2, 0) is 9.59 Å². The molecule has 20 heavy (non-hydrogen) atoms. The molecule has 0 spiro atoms. The molecule has 106 valence electrons. The van der Waals surface area contributed by atoms with Gasteiger partial charge in [-0.15, -0.1) is 0 Å². The third-order valence-electron chi connectivity index (χ3n) is 2.20. The van der Waals surface area contributed by atoms with E-state index >= 15 is 0 Å². The standard InChI is InChI=1S/C12H14N4O4/c13-12(14)16-8-3-1-2-7(6-8)10(19)11(20)15-5-4-9(17)18/h1-3,6H,4-5H2,(H,15,20)(H,17,18)(H4,13,14,16). The molecule has 0 aliphatic rings. The summed E-state index contributed by atoms with van der Waals surface area (Å²) in [6, 6.07) is 5.89. The Morgan fingerprint density at radius 3 is 2.55 bits per heavy atom. The van der Waals surface area contributed by atoms with Gasteiger partial charge in [0.1, 0.15) is 0 Å². The van der Waals surface area contributed by atoms with E-state index in [1.165, 1.54) is 18.2 Å². The lowest BCUT2D eigenvalue weighted by Crippen LogP contribution is -2.32. The Balaban J connectivity index is 2.74. The number of hydrogen-bond donors (Lipinski definition) is 4. The van der Waals surface area contributed by atoms with Gasteiger partial charge in [-0.1, -0.05) is 12.1 Å². The van der Waals surface area contributed by atoms with Crippen molar-refractivity contribution in [3.05, 3.63) is 29.8 Å². The summed E-state index contributed by atoms with van der Waals surface area (Å²) in [4.78, 5) is 37.4. The van der Waals surface area contributed by atoms with Gasteiger partial charge in [-0.05, 0) is 12.1 Å². The number of carbonyl (C=O) groups is 3. The summed E-state index contributed by atoms with van der Waals surface area (Å²) in [6.07, 6.45) is -0.257. The first kappa shape index (κ1) is 15.2. The molecule has 0 aliphatic carbocycles. The zero-order valence-electron chi connectivity index (χ0n) is 10.5. The molecule has 6 N–H and O–H groups in total. The molecular weight excluding hydrogens is 264 g/mol. The lowest BCUT2D eigenvalue weighted by atomic mass is 10.1. The molecule has 0 bridgehead atoms. The molecule has 0 aliphatic heterocycles. The fraction of sp³-hybridized carbons (Fsp3) is 0.167. The van der Waals surface area contributed by atoms with Crippen molar-refractivity contribution < 1.29 is 19.5 Å². The molecule has 0 atom stereocenters. The van der Waals surface area contributed by atoms with Gasteiger partial charge in [0, 0.05) is 12.1 Å². The zero-order valence-corrected chi connectivity index (χ0v) is 10.5. The number of carboxylic acid groups (broad SMARTS) is 1. The second-order valence-electron chi connectivity index (χ2n) is 3.82. The van der Waals surface area contributed by atoms with E-state index in [0.29, 0.717) is 5.69 Å². The lowest BCUT2D eigenvalue weighted by Gasteiger charge is -2.03. The molecule has 8 nitrogen and oxygen atoms in total. The highest BCUT2D eigenvalue weighted by Gasteiger charge is 2.16. The van der Waals surface area contributed by atoms with Crippen molar-refractivity contribution in [3.63, 3.8) is 0 Å². The number of carbonyl (C=O) groups excluding carboxylic acids is 2. The van der Waals surface area contributed by atoms with Gasteiger partial charge in [0.05, 0.1) is 12.1 Å². The molecule has 0 aromatic heterocycles. The number of hydrogen-bond acceptors (Lipinski definition) is 4. The molecule has 0 saturated carbocycles. The lowest BCUT2D eigenvalue weighted by molar-refractivity contribution is -0.136. The van der Waals surface area contributed by atoms with Crippen LogP contribution in [0.15, 0.2) is 29.3 Å². The van der Waals surface area contributed by atoms with Crippen LogP contribution < -0.4 is 16.8 Å². The van der Waals surface area contributed by atoms with Gasteiger partial charge in [-0.2, -0.15) is 0 Å². The molecule has 1 aromatic carbocycles. The minimum absolute atomic E-state index is 0.111. The summed E-state index contributed by atoms with van der Waals surface area (Å²) in [5, 5.41) is 10.6. The van der Waals surface area contributed by atoms with E-state index in [1.54, 1.807) is 6.07 Å². The van der Waals surface area contributed by atoms with Crippen molar-refractivity contribution in [1.29, 1.82) is 0 Å². The third-order valence-corrected chi connectivity index (χ3v) is 2.20. The van der Waals surface area contributed by atoms with Crippen LogP contribution in [-0.4, -0.2) is 35.3 Å². The number of guanidine groups is 1. The zero-order chi connectivity index (χ0) is 15.1. The molecule has 8 heteroatoms. The van der Waals surface area contributed by atoms with Crippen molar-refractivity contribution in [2.45, 2.75) is 6.42 Å². The second kappa shape index (κ2) is 6.88. The van der Waals surface area contributed by atoms with E-state index in [0.717, 1.165) is 0 Å². The van der Waals surface area contributed by atoms with Crippen LogP contribution in [0.4, 0.5) is 5.69 Å². The first-order valence-corrected chi connectivity index (χ1v) is 5.64. The fourth-order valence-electron chi connectivity index (χ4n) is 1.36. The third kappa shape index (κ3) is 4.77. The second-order valence-corrected chi connectivity index (χ2v) is 3.82. The first-order valence-electron chi connectivity index (χ1n) is 5.64. The smallest absolute Gasteiger partial charge is 0.305 e. The van der Waals surface area contributed by atoms with Crippen molar-refractivity contribution in [2.24, 2.45) is 16.5 Å². The van der Waals surface area contributed by atoms with Gasteiger partial charge in [-0.25, -0.2) is 4.99 Å². The molecule has 0 saturated heterocycles. The molecule has 0 heterocycles.